The molecule has 398 valence electrons. The van der Waals surface area contributed by atoms with Gasteiger partial charge in [-0.15, -0.1) is 0 Å². The van der Waals surface area contributed by atoms with Crippen molar-refractivity contribution in [2.45, 2.75) is 177 Å². The van der Waals surface area contributed by atoms with Crippen molar-refractivity contribution in [3.05, 3.63) is 226 Å². The lowest BCUT2D eigenvalue weighted by Crippen LogP contribution is -2.28. The summed E-state index contributed by atoms with van der Waals surface area (Å²) >= 11 is 0. The highest BCUT2D eigenvalue weighted by atomic mass is 14.6. The van der Waals surface area contributed by atoms with E-state index >= 15 is 0 Å². The molecule has 0 nitrogen and oxygen atoms in total. The summed E-state index contributed by atoms with van der Waals surface area (Å²) < 4.78 is 0. The van der Waals surface area contributed by atoms with Gasteiger partial charge in [0.1, 0.15) is 0 Å². The second kappa shape index (κ2) is 35.8. The smallest absolute Gasteiger partial charge is 0.0683 e. The fourth-order valence-electron chi connectivity index (χ4n) is 10.8. The van der Waals surface area contributed by atoms with Gasteiger partial charge >= 0.3 is 0 Å². The maximum Gasteiger partial charge on any atom is 0.0749 e. The van der Waals surface area contributed by atoms with Crippen LogP contribution in [0.15, 0.2) is 182 Å². The van der Waals surface area contributed by atoms with Gasteiger partial charge in [-0.1, -0.05) is 348 Å². The Morgan fingerprint density at radius 3 is 0.554 bits per heavy atom. The van der Waals surface area contributed by atoms with Gasteiger partial charge in [0.2, 0.25) is 0 Å². The van der Waals surface area contributed by atoms with Crippen molar-refractivity contribution >= 4 is 0 Å². The summed E-state index contributed by atoms with van der Waals surface area (Å²) in [6.07, 6.45) is 0. The first-order valence-corrected chi connectivity index (χ1v) is 29.7. The average Bonchev–Trinajstić information content (AvgIpc) is 4.30. The number of fused-ring (bicyclic) bond motifs is 7. The number of hydrogen-bond acceptors (Lipinski definition) is 0. The SMILES string of the molecule is CC.CC.CC.CC.CC.CC.CC.CC.CC.CC.CC.CC.c1cc2c3c(c1)-c1cccc4c1C31c3c-2cccc3-c2cccc-4c21.c1ccc(C2(c3ccccc3)c3ccccc3-c3ccccc32)cc1. The molecule has 0 saturated carbocycles. The third-order valence-corrected chi connectivity index (χ3v) is 12.3. The Hall–Kier alpha value is -6.24. The van der Waals surface area contributed by atoms with Gasteiger partial charge in [0.05, 0.1) is 10.8 Å². The van der Waals surface area contributed by atoms with E-state index in [0.717, 1.165) is 0 Å². The molecule has 8 aromatic rings. The summed E-state index contributed by atoms with van der Waals surface area (Å²) in [5.74, 6) is 0. The topological polar surface area (TPSA) is 0 Å². The first kappa shape index (κ1) is 67.8. The lowest BCUT2D eigenvalue weighted by atomic mass is 9.68. The minimum absolute atomic E-state index is 0.0320. The van der Waals surface area contributed by atoms with Crippen molar-refractivity contribution in [3.8, 4) is 55.6 Å². The molecule has 0 heteroatoms. The molecule has 0 fully saturated rings. The van der Waals surface area contributed by atoms with E-state index in [4.69, 9.17) is 0 Å². The standard InChI is InChI=1S/C25H12.C25H18.12C2H6/c1-5-13-15-7-2-9-17-19-11-4-12-20-18-10-3-8-16-14(6-1)21(13)25(22(15)17,23(16)18)24(19)20;1-3-11-19(12-4-1)25(20-13-5-2-6-14-20)23-17-9-7-15-21(23)22-16-8-10-18-24(22)25;12*1-2/h1-12H;1-18H;12*1-2H3. The highest BCUT2D eigenvalue weighted by molar-refractivity contribution is 6.12. The molecule has 13 rings (SSSR count). The molecule has 8 aromatic carbocycles. The van der Waals surface area contributed by atoms with Gasteiger partial charge in [0, 0.05) is 0 Å². The summed E-state index contributed by atoms with van der Waals surface area (Å²) in [5, 5.41) is 0. The van der Waals surface area contributed by atoms with E-state index in [-0.39, 0.29) is 10.8 Å². The molecule has 0 radical (unpaired) electrons. The maximum absolute atomic E-state index is 2.33. The van der Waals surface area contributed by atoms with E-state index < -0.39 is 0 Å². The monoisotopic (exact) mass is 991 g/mol. The molecule has 0 heterocycles. The zero-order valence-corrected chi connectivity index (χ0v) is 51.3. The summed E-state index contributed by atoms with van der Waals surface area (Å²) in [5.41, 5.74) is 25.5. The first-order valence-electron chi connectivity index (χ1n) is 29.7. The van der Waals surface area contributed by atoms with Crippen LogP contribution in [0.4, 0.5) is 0 Å². The van der Waals surface area contributed by atoms with Gasteiger partial charge in [0.25, 0.3) is 0 Å². The molecule has 0 aliphatic heterocycles. The number of benzene rings is 8. The van der Waals surface area contributed by atoms with Crippen molar-refractivity contribution in [2.24, 2.45) is 0 Å². The molecular formula is C74H102. The average molecular weight is 992 g/mol. The van der Waals surface area contributed by atoms with Crippen LogP contribution in [0.1, 0.15) is 211 Å². The zero-order chi connectivity index (χ0) is 56.6. The van der Waals surface area contributed by atoms with Crippen LogP contribution in [0.25, 0.3) is 55.6 Å². The van der Waals surface area contributed by atoms with Crippen molar-refractivity contribution < 1.29 is 0 Å². The van der Waals surface area contributed by atoms with Crippen LogP contribution >= 0.6 is 0 Å². The molecule has 0 bridgehead atoms. The Morgan fingerprint density at radius 1 is 0.162 bits per heavy atom. The van der Waals surface area contributed by atoms with Crippen molar-refractivity contribution in [1.82, 2.24) is 0 Å². The Labute approximate surface area is 456 Å². The van der Waals surface area contributed by atoms with E-state index in [1.165, 1.54) is 77.9 Å². The lowest BCUT2D eigenvalue weighted by Gasteiger charge is -2.33. The fraction of sp³-hybridized carbons (Fsp3) is 0.351. The summed E-state index contributed by atoms with van der Waals surface area (Å²) in [7, 11) is 0. The zero-order valence-electron chi connectivity index (χ0n) is 51.3. The minimum atomic E-state index is -0.254. The fourth-order valence-corrected chi connectivity index (χ4v) is 10.8. The predicted octanol–water partition coefficient (Wildman–Crippen LogP) is 24.4. The Bertz CT molecular complexity index is 2370. The summed E-state index contributed by atoms with van der Waals surface area (Å²) in [6, 6.07) is 67.0. The van der Waals surface area contributed by atoms with E-state index in [0.29, 0.717) is 0 Å². The van der Waals surface area contributed by atoms with Crippen molar-refractivity contribution in [3.63, 3.8) is 0 Å². The Balaban J connectivity index is 0.00000103. The van der Waals surface area contributed by atoms with Crippen LogP contribution in [-0.2, 0) is 10.8 Å². The van der Waals surface area contributed by atoms with E-state index in [1.54, 1.807) is 22.3 Å². The maximum atomic E-state index is 2.33. The molecule has 5 aliphatic rings. The van der Waals surface area contributed by atoms with Gasteiger partial charge < -0.3 is 0 Å². The van der Waals surface area contributed by atoms with E-state index in [2.05, 4.69) is 182 Å². The second-order valence-corrected chi connectivity index (χ2v) is 14.2. The van der Waals surface area contributed by atoms with E-state index in [1.807, 2.05) is 166 Å². The molecule has 5 aliphatic carbocycles. The third-order valence-electron chi connectivity index (χ3n) is 12.3. The van der Waals surface area contributed by atoms with Gasteiger partial charge in [-0.2, -0.15) is 0 Å². The highest BCUT2D eigenvalue weighted by Crippen LogP contribution is 2.75. The minimum Gasteiger partial charge on any atom is -0.0683 e. The largest absolute Gasteiger partial charge is 0.0749 e. The quantitative estimate of drug-likeness (QED) is 0.162. The van der Waals surface area contributed by atoms with Crippen LogP contribution < -0.4 is 0 Å². The molecule has 0 saturated heterocycles. The molecule has 0 amide bonds. The molecule has 0 aromatic heterocycles. The van der Waals surface area contributed by atoms with Crippen LogP contribution in [0.5, 0.6) is 0 Å². The van der Waals surface area contributed by atoms with Gasteiger partial charge in [-0.05, 0) is 100 Å². The third kappa shape index (κ3) is 11.4. The second-order valence-electron chi connectivity index (χ2n) is 14.2. The molecular weight excluding hydrogens is 889 g/mol. The van der Waals surface area contributed by atoms with Crippen LogP contribution in [0.3, 0.4) is 0 Å². The predicted molar refractivity (Wildman–Crippen MR) is 341 cm³/mol. The Kier molecular flexibility index (Phi) is 32.8. The normalized spacial score (nSPS) is 11.2. The first-order chi connectivity index (χ1) is 36.8. The number of hydrogen-bond donors (Lipinski definition) is 0. The summed E-state index contributed by atoms with van der Waals surface area (Å²) in [6.45, 7) is 48.0. The van der Waals surface area contributed by atoms with Gasteiger partial charge in [-0.3, -0.25) is 0 Å². The van der Waals surface area contributed by atoms with Crippen molar-refractivity contribution in [1.29, 1.82) is 0 Å². The van der Waals surface area contributed by atoms with Crippen LogP contribution in [-0.4, -0.2) is 0 Å². The highest BCUT2D eigenvalue weighted by Gasteiger charge is 2.61. The molecule has 0 N–H and O–H groups in total. The van der Waals surface area contributed by atoms with Gasteiger partial charge in [0.15, 0.2) is 0 Å². The van der Waals surface area contributed by atoms with Crippen LogP contribution in [0.2, 0.25) is 0 Å². The molecule has 0 atom stereocenters. The molecule has 1 spiro atoms. The lowest BCUT2D eigenvalue weighted by molar-refractivity contribution is 0.768. The van der Waals surface area contributed by atoms with Crippen LogP contribution in [0, 0.1) is 0 Å². The molecule has 0 unspecified atom stereocenters. The van der Waals surface area contributed by atoms with Crippen molar-refractivity contribution in [2.75, 3.05) is 0 Å². The van der Waals surface area contributed by atoms with Gasteiger partial charge in [-0.25, -0.2) is 0 Å². The summed E-state index contributed by atoms with van der Waals surface area (Å²) in [4.78, 5) is 0. The van der Waals surface area contributed by atoms with E-state index in [9.17, 15) is 0 Å². The molecule has 74 heavy (non-hydrogen) atoms. The number of rotatable bonds is 2. The Morgan fingerprint density at radius 2 is 0.338 bits per heavy atom.